The van der Waals surface area contributed by atoms with Crippen LogP contribution in [-0.2, 0) is 16.3 Å². The first-order valence-electron chi connectivity index (χ1n) is 13.1. The van der Waals surface area contributed by atoms with Crippen LogP contribution in [0, 0.1) is 5.41 Å². The molecule has 0 bridgehead atoms. The van der Waals surface area contributed by atoms with Gasteiger partial charge in [-0.15, -0.1) is 0 Å². The number of rotatable bonds is 9. The molecule has 3 aromatic heterocycles. The molecule has 1 aliphatic heterocycles. The van der Waals surface area contributed by atoms with Crippen molar-refractivity contribution in [2.45, 2.75) is 59.6 Å². The summed E-state index contributed by atoms with van der Waals surface area (Å²) >= 11 is 0. The number of ether oxygens (including phenoxy) is 1. The second-order valence-corrected chi connectivity index (χ2v) is 17.8. The van der Waals surface area contributed by atoms with E-state index in [1.807, 2.05) is 40.0 Å². The van der Waals surface area contributed by atoms with E-state index in [9.17, 15) is 4.79 Å². The number of fused-ring (bicyclic) bond motifs is 1. The third kappa shape index (κ3) is 7.75. The van der Waals surface area contributed by atoms with E-state index in [0.29, 0.717) is 19.0 Å². The molecule has 9 nitrogen and oxygen atoms in total. The predicted molar refractivity (Wildman–Crippen MR) is 152 cm³/mol. The van der Waals surface area contributed by atoms with Crippen molar-refractivity contribution in [2.75, 3.05) is 43.0 Å². The molecule has 0 radical (unpaired) electrons. The Balaban J connectivity index is 1.34. The summed E-state index contributed by atoms with van der Waals surface area (Å²) in [4.78, 5) is 26.1. The van der Waals surface area contributed by atoms with Crippen molar-refractivity contribution in [3.8, 4) is 0 Å². The molecule has 0 saturated carbocycles. The number of hydrogen-bond donors (Lipinski definition) is 1. The number of amides is 1. The third-order valence-electron chi connectivity index (χ3n) is 6.39. The Bertz CT molecular complexity index is 1210. The second-order valence-electron chi connectivity index (χ2n) is 12.2. The van der Waals surface area contributed by atoms with Crippen LogP contribution in [0.3, 0.4) is 0 Å². The van der Waals surface area contributed by atoms with Gasteiger partial charge < -0.3 is 19.9 Å². The minimum Gasteiger partial charge on any atom is -0.368 e. The number of hydrogen-bond acceptors (Lipinski definition) is 7. The van der Waals surface area contributed by atoms with E-state index < -0.39 is 8.07 Å². The Labute approximate surface area is 221 Å². The van der Waals surface area contributed by atoms with E-state index in [1.165, 1.54) is 0 Å². The molecular formula is C27H41N7O2Si. The van der Waals surface area contributed by atoms with E-state index in [4.69, 9.17) is 9.72 Å². The summed E-state index contributed by atoms with van der Waals surface area (Å²) in [5, 5.41) is 7.78. The SMILES string of the molecule is CC(C)(C)CC(=O)N1CCN(c2ccnc(Nc3ccc4c(cnn4COCC[Si](C)(C)C)n3)c2)CC1. The van der Waals surface area contributed by atoms with Gasteiger partial charge >= 0.3 is 0 Å². The molecule has 0 aliphatic carbocycles. The number of aromatic nitrogens is 4. The summed E-state index contributed by atoms with van der Waals surface area (Å²) in [6, 6.07) is 9.14. The smallest absolute Gasteiger partial charge is 0.223 e. The number of carbonyl (C=O) groups is 1. The average molecular weight is 524 g/mol. The first-order chi connectivity index (χ1) is 17.5. The highest BCUT2D eigenvalue weighted by atomic mass is 28.3. The minimum absolute atomic E-state index is 0.0107. The number of nitrogens with zero attached hydrogens (tertiary/aromatic N) is 6. The predicted octanol–water partition coefficient (Wildman–Crippen LogP) is 4.97. The molecule has 1 N–H and O–H groups in total. The number of piperazine rings is 1. The molecule has 4 heterocycles. The van der Waals surface area contributed by atoms with Gasteiger partial charge in [0.15, 0.2) is 0 Å². The molecule has 3 aromatic rings. The van der Waals surface area contributed by atoms with Gasteiger partial charge in [0.05, 0.1) is 11.7 Å². The standard InChI is InChI=1S/C27H41N7O2Si/c1-27(2,3)18-26(35)33-13-11-32(12-14-33)21-9-10-28-25(17-21)31-24-8-7-23-22(30-24)19-29-34(23)20-36-15-16-37(4,5)6/h7-10,17,19H,11-16,18,20H2,1-6H3,(H,28,30,31). The molecule has 4 rings (SSSR count). The summed E-state index contributed by atoms with van der Waals surface area (Å²) in [6.07, 6.45) is 4.16. The lowest BCUT2D eigenvalue weighted by Crippen LogP contribution is -2.49. The monoisotopic (exact) mass is 523 g/mol. The fourth-order valence-electron chi connectivity index (χ4n) is 4.26. The normalized spacial score (nSPS) is 14.9. The van der Waals surface area contributed by atoms with Crippen molar-refractivity contribution >= 4 is 42.3 Å². The molecule has 1 amide bonds. The van der Waals surface area contributed by atoms with E-state index >= 15 is 0 Å². The highest BCUT2D eigenvalue weighted by Crippen LogP contribution is 2.24. The van der Waals surface area contributed by atoms with Crippen molar-refractivity contribution in [2.24, 2.45) is 5.41 Å². The van der Waals surface area contributed by atoms with Crippen molar-refractivity contribution in [1.82, 2.24) is 24.6 Å². The first-order valence-corrected chi connectivity index (χ1v) is 16.8. The van der Waals surface area contributed by atoms with Gasteiger partial charge in [0.25, 0.3) is 0 Å². The maximum atomic E-state index is 12.6. The van der Waals surface area contributed by atoms with Crippen LogP contribution in [0.1, 0.15) is 27.2 Å². The summed E-state index contributed by atoms with van der Waals surface area (Å²) in [5.41, 5.74) is 2.85. The fraction of sp³-hybridized carbons (Fsp3) is 0.556. The Morgan fingerprint density at radius 3 is 2.54 bits per heavy atom. The van der Waals surface area contributed by atoms with Gasteiger partial charge in [-0.25, -0.2) is 14.6 Å². The van der Waals surface area contributed by atoms with Gasteiger partial charge in [-0.05, 0) is 29.7 Å². The van der Waals surface area contributed by atoms with Crippen molar-refractivity contribution in [1.29, 1.82) is 0 Å². The third-order valence-corrected chi connectivity index (χ3v) is 8.09. The topological polar surface area (TPSA) is 88.4 Å². The number of carbonyl (C=O) groups excluding carboxylic acids is 1. The van der Waals surface area contributed by atoms with Crippen LogP contribution in [-0.4, -0.2) is 71.4 Å². The molecule has 0 unspecified atom stereocenters. The van der Waals surface area contributed by atoms with Crippen LogP contribution in [0.2, 0.25) is 25.7 Å². The molecule has 10 heteroatoms. The zero-order chi connectivity index (χ0) is 26.6. The highest BCUT2D eigenvalue weighted by molar-refractivity contribution is 6.76. The van der Waals surface area contributed by atoms with Gasteiger partial charge in [0, 0.05) is 65.2 Å². The largest absolute Gasteiger partial charge is 0.368 e. The maximum absolute atomic E-state index is 12.6. The van der Waals surface area contributed by atoms with Crippen LogP contribution >= 0.6 is 0 Å². The van der Waals surface area contributed by atoms with Crippen LogP contribution in [0.4, 0.5) is 17.3 Å². The van der Waals surface area contributed by atoms with Crippen LogP contribution in [0.25, 0.3) is 11.0 Å². The summed E-state index contributed by atoms with van der Waals surface area (Å²) < 4.78 is 7.70. The zero-order valence-corrected chi connectivity index (χ0v) is 24.1. The first kappa shape index (κ1) is 27.1. The van der Waals surface area contributed by atoms with Crippen molar-refractivity contribution < 1.29 is 9.53 Å². The molecule has 0 aromatic carbocycles. The lowest BCUT2D eigenvalue weighted by Gasteiger charge is -2.37. The van der Waals surface area contributed by atoms with Gasteiger partial charge in [0.2, 0.25) is 5.91 Å². The Morgan fingerprint density at radius 2 is 1.84 bits per heavy atom. The zero-order valence-electron chi connectivity index (χ0n) is 23.1. The van der Waals surface area contributed by atoms with Gasteiger partial charge in [-0.3, -0.25) is 4.79 Å². The van der Waals surface area contributed by atoms with E-state index in [2.05, 4.69) is 60.7 Å². The molecule has 0 atom stereocenters. The molecule has 1 fully saturated rings. The summed E-state index contributed by atoms with van der Waals surface area (Å²) in [5.74, 6) is 1.69. The van der Waals surface area contributed by atoms with Crippen molar-refractivity contribution in [3.63, 3.8) is 0 Å². The molecule has 0 spiro atoms. The van der Waals surface area contributed by atoms with Gasteiger partial charge in [-0.1, -0.05) is 40.4 Å². The highest BCUT2D eigenvalue weighted by Gasteiger charge is 2.25. The molecule has 200 valence electrons. The Hall–Kier alpha value is -2.98. The Morgan fingerprint density at radius 1 is 1.08 bits per heavy atom. The summed E-state index contributed by atoms with van der Waals surface area (Å²) in [7, 11) is -1.11. The van der Waals surface area contributed by atoms with E-state index in [0.717, 1.165) is 61.4 Å². The van der Waals surface area contributed by atoms with E-state index in [-0.39, 0.29) is 11.3 Å². The quantitative estimate of drug-likeness (QED) is 0.313. The van der Waals surface area contributed by atoms with Crippen LogP contribution < -0.4 is 10.2 Å². The number of pyridine rings is 2. The van der Waals surface area contributed by atoms with Crippen LogP contribution in [0.5, 0.6) is 0 Å². The Kier molecular flexibility index (Phi) is 8.18. The number of anilines is 3. The lowest BCUT2D eigenvalue weighted by molar-refractivity contribution is -0.133. The van der Waals surface area contributed by atoms with E-state index in [1.54, 1.807) is 6.20 Å². The molecule has 1 aliphatic rings. The average Bonchev–Trinajstić information content (AvgIpc) is 3.22. The van der Waals surface area contributed by atoms with Gasteiger partial charge in [0.1, 0.15) is 23.9 Å². The fourth-order valence-corrected chi connectivity index (χ4v) is 5.02. The van der Waals surface area contributed by atoms with Crippen molar-refractivity contribution in [3.05, 3.63) is 36.7 Å². The number of nitrogens with one attached hydrogen (secondary N) is 1. The molecular weight excluding hydrogens is 482 g/mol. The lowest BCUT2D eigenvalue weighted by atomic mass is 9.91. The molecule has 37 heavy (non-hydrogen) atoms. The minimum atomic E-state index is -1.11. The van der Waals surface area contributed by atoms with Crippen LogP contribution in [0.15, 0.2) is 36.7 Å². The van der Waals surface area contributed by atoms with Gasteiger partial charge in [-0.2, -0.15) is 5.10 Å². The second kappa shape index (κ2) is 11.2. The summed E-state index contributed by atoms with van der Waals surface area (Å²) in [6.45, 7) is 17.6. The molecule has 1 saturated heterocycles. The maximum Gasteiger partial charge on any atom is 0.223 e.